The zero-order valence-corrected chi connectivity index (χ0v) is 10.9. The molecule has 2 nitrogen and oxygen atoms in total. The van der Waals surface area contributed by atoms with Crippen LogP contribution in [0.15, 0.2) is 6.07 Å². The first-order valence-electron chi connectivity index (χ1n) is 5.62. The van der Waals surface area contributed by atoms with Gasteiger partial charge in [0.1, 0.15) is 0 Å². The van der Waals surface area contributed by atoms with Gasteiger partial charge >= 0.3 is 0 Å². The molecule has 3 heteroatoms. The number of aryl methyl sites for hydroxylation is 2. The lowest BCUT2D eigenvalue weighted by Crippen LogP contribution is -2.22. The average molecular weight is 229 g/mol. The number of rotatable bonds is 5. The maximum atomic E-state index is 6.02. The summed E-state index contributed by atoms with van der Waals surface area (Å²) in [5.41, 5.74) is 2.65. The predicted octanol–water partition coefficient (Wildman–Crippen LogP) is 3.18. The summed E-state index contributed by atoms with van der Waals surface area (Å²) in [5, 5.41) is 4.46. The zero-order chi connectivity index (χ0) is 11.5. The van der Waals surface area contributed by atoms with Crippen molar-refractivity contribution < 1.29 is 0 Å². The van der Waals surface area contributed by atoms with Crippen LogP contribution in [-0.4, -0.2) is 15.7 Å². The highest BCUT2D eigenvalue weighted by atomic mass is 35.5. The van der Waals surface area contributed by atoms with Crippen LogP contribution >= 0.6 is 11.6 Å². The number of alkyl halides is 1. The molecule has 0 saturated carbocycles. The minimum absolute atomic E-state index is 0.195. The first-order chi connectivity index (χ1) is 7.04. The van der Waals surface area contributed by atoms with Crippen molar-refractivity contribution in [2.24, 2.45) is 12.5 Å². The van der Waals surface area contributed by atoms with Crippen LogP contribution in [0.3, 0.4) is 0 Å². The predicted molar refractivity (Wildman–Crippen MR) is 65.4 cm³/mol. The minimum Gasteiger partial charge on any atom is -0.272 e. The Balaban J connectivity index is 2.83. The Morgan fingerprint density at radius 2 is 2.13 bits per heavy atom. The Kier molecular flexibility index (Phi) is 4.21. The van der Waals surface area contributed by atoms with E-state index in [9.17, 15) is 0 Å². The molecule has 1 unspecified atom stereocenters. The zero-order valence-electron chi connectivity index (χ0n) is 10.2. The monoisotopic (exact) mass is 228 g/mol. The van der Waals surface area contributed by atoms with Crippen LogP contribution in [0.2, 0.25) is 0 Å². The normalized spacial score (nSPS) is 15.3. The van der Waals surface area contributed by atoms with E-state index in [0.717, 1.165) is 19.3 Å². The van der Waals surface area contributed by atoms with Gasteiger partial charge in [-0.05, 0) is 30.7 Å². The summed E-state index contributed by atoms with van der Waals surface area (Å²) in [5.74, 6) is 0.705. The smallest absolute Gasteiger partial charge is 0.0624 e. The van der Waals surface area contributed by atoms with Gasteiger partial charge in [-0.2, -0.15) is 5.10 Å². The molecule has 0 radical (unpaired) electrons. The average Bonchev–Trinajstić information content (AvgIpc) is 2.59. The quantitative estimate of drug-likeness (QED) is 0.708. The number of hydrogen-bond donors (Lipinski definition) is 0. The van der Waals surface area contributed by atoms with Crippen LogP contribution in [-0.2, 0) is 19.9 Å². The second kappa shape index (κ2) is 5.02. The molecule has 0 amide bonds. The topological polar surface area (TPSA) is 17.8 Å². The molecule has 0 N–H and O–H groups in total. The van der Waals surface area contributed by atoms with E-state index in [4.69, 9.17) is 11.6 Å². The van der Waals surface area contributed by atoms with E-state index in [-0.39, 0.29) is 5.41 Å². The summed E-state index contributed by atoms with van der Waals surface area (Å²) in [6.45, 7) is 6.56. The standard InChI is InChI=1S/C12H21ClN2/c1-5-10-7-11(15(4)14-10)8-12(3,6-2)9-13/h7H,5-6,8-9H2,1-4H3. The highest BCUT2D eigenvalue weighted by molar-refractivity contribution is 6.18. The van der Waals surface area contributed by atoms with Gasteiger partial charge in [0.2, 0.25) is 0 Å². The maximum Gasteiger partial charge on any atom is 0.0624 e. The molecule has 15 heavy (non-hydrogen) atoms. The van der Waals surface area contributed by atoms with Crippen molar-refractivity contribution in [1.29, 1.82) is 0 Å². The number of nitrogens with zero attached hydrogens (tertiary/aromatic N) is 2. The summed E-state index contributed by atoms with van der Waals surface area (Å²) in [6, 6.07) is 2.19. The van der Waals surface area contributed by atoms with Crippen LogP contribution < -0.4 is 0 Å². The van der Waals surface area contributed by atoms with Crippen molar-refractivity contribution in [3.63, 3.8) is 0 Å². The van der Waals surface area contributed by atoms with Crippen molar-refractivity contribution in [3.8, 4) is 0 Å². The molecule has 1 aromatic heterocycles. The molecule has 0 aliphatic rings. The van der Waals surface area contributed by atoms with E-state index < -0.39 is 0 Å². The highest BCUT2D eigenvalue weighted by Crippen LogP contribution is 2.28. The number of halogens is 1. The number of hydrogen-bond acceptors (Lipinski definition) is 1. The second-order valence-corrected chi connectivity index (χ2v) is 4.85. The van der Waals surface area contributed by atoms with E-state index >= 15 is 0 Å². The molecular formula is C12H21ClN2. The summed E-state index contributed by atoms with van der Waals surface area (Å²) in [4.78, 5) is 0. The first-order valence-corrected chi connectivity index (χ1v) is 6.16. The fraction of sp³-hybridized carbons (Fsp3) is 0.750. The van der Waals surface area contributed by atoms with E-state index in [1.54, 1.807) is 0 Å². The van der Waals surface area contributed by atoms with Crippen LogP contribution in [0.4, 0.5) is 0 Å². The van der Waals surface area contributed by atoms with Gasteiger partial charge in [-0.1, -0.05) is 20.8 Å². The third kappa shape index (κ3) is 2.97. The van der Waals surface area contributed by atoms with Gasteiger partial charge in [0, 0.05) is 18.6 Å². The Hall–Kier alpha value is -0.500. The van der Waals surface area contributed by atoms with E-state index in [1.165, 1.54) is 11.4 Å². The Morgan fingerprint density at radius 3 is 2.53 bits per heavy atom. The van der Waals surface area contributed by atoms with Crippen molar-refractivity contribution in [2.75, 3.05) is 5.88 Å². The molecule has 0 spiro atoms. The minimum atomic E-state index is 0.195. The van der Waals surface area contributed by atoms with Crippen LogP contribution in [0.25, 0.3) is 0 Å². The van der Waals surface area contributed by atoms with Gasteiger partial charge in [0.15, 0.2) is 0 Å². The van der Waals surface area contributed by atoms with Gasteiger partial charge in [-0.25, -0.2) is 0 Å². The van der Waals surface area contributed by atoms with Gasteiger partial charge < -0.3 is 0 Å². The van der Waals surface area contributed by atoms with Gasteiger partial charge in [0.25, 0.3) is 0 Å². The highest BCUT2D eigenvalue weighted by Gasteiger charge is 2.23. The van der Waals surface area contributed by atoms with Crippen molar-refractivity contribution in [1.82, 2.24) is 9.78 Å². The summed E-state index contributed by atoms with van der Waals surface area (Å²) in [6.07, 6.45) is 3.11. The number of aromatic nitrogens is 2. The lowest BCUT2D eigenvalue weighted by atomic mass is 9.85. The summed E-state index contributed by atoms with van der Waals surface area (Å²) in [7, 11) is 2.01. The molecule has 0 aliphatic heterocycles. The Labute approximate surface area is 97.6 Å². The summed E-state index contributed by atoms with van der Waals surface area (Å²) >= 11 is 6.02. The van der Waals surface area contributed by atoms with E-state index in [2.05, 4.69) is 31.9 Å². The molecule has 0 saturated heterocycles. The lowest BCUT2D eigenvalue weighted by Gasteiger charge is -2.25. The largest absolute Gasteiger partial charge is 0.272 e. The van der Waals surface area contributed by atoms with Gasteiger partial charge in [-0.15, -0.1) is 11.6 Å². The van der Waals surface area contributed by atoms with Crippen molar-refractivity contribution >= 4 is 11.6 Å². The molecular weight excluding hydrogens is 208 g/mol. The maximum absolute atomic E-state index is 6.02. The molecule has 0 aromatic carbocycles. The molecule has 0 bridgehead atoms. The first kappa shape index (κ1) is 12.6. The van der Waals surface area contributed by atoms with Crippen LogP contribution in [0.1, 0.15) is 38.6 Å². The van der Waals surface area contributed by atoms with Crippen molar-refractivity contribution in [3.05, 3.63) is 17.5 Å². The van der Waals surface area contributed by atoms with Crippen LogP contribution in [0, 0.1) is 5.41 Å². The molecule has 1 rings (SSSR count). The Bertz CT molecular complexity index is 313. The SMILES string of the molecule is CCc1cc(CC(C)(CC)CCl)n(C)n1. The van der Waals surface area contributed by atoms with Crippen LogP contribution in [0.5, 0.6) is 0 Å². The lowest BCUT2D eigenvalue weighted by molar-refractivity contribution is 0.346. The molecule has 0 aliphatic carbocycles. The second-order valence-electron chi connectivity index (χ2n) is 4.58. The fourth-order valence-corrected chi connectivity index (χ4v) is 1.90. The van der Waals surface area contributed by atoms with Crippen molar-refractivity contribution in [2.45, 2.75) is 40.0 Å². The summed E-state index contributed by atoms with van der Waals surface area (Å²) < 4.78 is 1.99. The third-order valence-electron chi connectivity index (χ3n) is 3.17. The third-order valence-corrected chi connectivity index (χ3v) is 3.82. The molecule has 1 atom stereocenters. The fourth-order valence-electron chi connectivity index (χ4n) is 1.61. The Morgan fingerprint density at radius 1 is 1.47 bits per heavy atom. The van der Waals surface area contributed by atoms with Gasteiger partial charge in [0.05, 0.1) is 5.69 Å². The molecule has 1 aromatic rings. The van der Waals surface area contributed by atoms with E-state index in [0.29, 0.717) is 5.88 Å². The van der Waals surface area contributed by atoms with Gasteiger partial charge in [-0.3, -0.25) is 4.68 Å². The van der Waals surface area contributed by atoms with E-state index in [1.807, 2.05) is 11.7 Å². The molecule has 86 valence electrons. The molecule has 1 heterocycles. The molecule has 0 fully saturated rings.